The zero-order chi connectivity index (χ0) is 21.5. The summed E-state index contributed by atoms with van der Waals surface area (Å²) in [5, 5.41) is 8.94. The van der Waals surface area contributed by atoms with Crippen LogP contribution in [-0.2, 0) is 0 Å². The van der Waals surface area contributed by atoms with Gasteiger partial charge in [0.2, 0.25) is 0 Å². The van der Waals surface area contributed by atoms with Crippen molar-refractivity contribution in [2.24, 2.45) is 0 Å². The van der Waals surface area contributed by atoms with Gasteiger partial charge in [0, 0.05) is 48.0 Å². The lowest BCUT2D eigenvalue weighted by Gasteiger charge is -2.29. The topological polar surface area (TPSA) is 77.3 Å². The van der Waals surface area contributed by atoms with Crippen molar-refractivity contribution in [1.29, 1.82) is 0 Å². The Morgan fingerprint density at radius 3 is 2.65 bits per heavy atom. The summed E-state index contributed by atoms with van der Waals surface area (Å²) in [4.78, 5) is 6.32. The third-order valence-electron chi connectivity index (χ3n) is 5.61. The number of fused-ring (bicyclic) bond motifs is 1. The maximum Gasteiger partial charge on any atom is 0.152 e. The lowest BCUT2D eigenvalue weighted by Crippen LogP contribution is -2.33. The van der Waals surface area contributed by atoms with Crippen LogP contribution in [0.3, 0.4) is 0 Å². The van der Waals surface area contributed by atoms with Gasteiger partial charge in [-0.25, -0.2) is 13.9 Å². The Labute approximate surface area is 184 Å². The zero-order valence-electron chi connectivity index (χ0n) is 17.5. The number of nitrogens with two attached hydrogens (primary N) is 1. The molecule has 0 radical (unpaired) electrons. The van der Waals surface area contributed by atoms with E-state index in [0.717, 1.165) is 52.6 Å². The number of anilines is 2. The second-order valence-electron chi connectivity index (χ2n) is 7.87. The molecule has 4 aromatic rings. The molecule has 4 heterocycles. The van der Waals surface area contributed by atoms with Gasteiger partial charge in [-0.3, -0.25) is 4.68 Å². The summed E-state index contributed by atoms with van der Waals surface area (Å²) in [6.45, 7) is 5.85. The number of benzene rings is 1. The number of thioether (sulfide) groups is 1. The van der Waals surface area contributed by atoms with Crippen molar-refractivity contribution >= 4 is 28.8 Å². The van der Waals surface area contributed by atoms with Crippen molar-refractivity contribution in [2.75, 3.05) is 35.2 Å². The first-order valence-electron chi connectivity index (χ1n) is 10.3. The third-order valence-corrected chi connectivity index (χ3v) is 6.55. The van der Waals surface area contributed by atoms with Gasteiger partial charge in [0.05, 0.1) is 17.1 Å². The third kappa shape index (κ3) is 3.42. The smallest absolute Gasteiger partial charge is 0.152 e. The van der Waals surface area contributed by atoms with Crippen LogP contribution in [0.4, 0.5) is 15.9 Å². The zero-order valence-corrected chi connectivity index (χ0v) is 18.3. The van der Waals surface area contributed by atoms with E-state index in [4.69, 9.17) is 5.73 Å². The number of nitrogen functional groups attached to an aromatic ring is 1. The highest BCUT2D eigenvalue weighted by atomic mass is 32.2. The van der Waals surface area contributed by atoms with Crippen molar-refractivity contribution < 1.29 is 4.39 Å². The molecule has 160 valence electrons. The Morgan fingerprint density at radius 2 is 1.87 bits per heavy atom. The molecular formula is C22H24FN7S. The van der Waals surface area contributed by atoms with Gasteiger partial charge in [-0.05, 0) is 44.2 Å². The quantitative estimate of drug-likeness (QED) is 0.518. The van der Waals surface area contributed by atoms with Gasteiger partial charge in [0.25, 0.3) is 0 Å². The monoisotopic (exact) mass is 437 g/mol. The van der Waals surface area contributed by atoms with Crippen LogP contribution < -0.4 is 10.6 Å². The minimum atomic E-state index is -0.205. The molecule has 0 atom stereocenters. The Bertz CT molecular complexity index is 1240. The molecule has 0 amide bonds. The summed E-state index contributed by atoms with van der Waals surface area (Å²) < 4.78 is 18.4. The van der Waals surface area contributed by atoms with Crippen LogP contribution in [-0.4, -0.2) is 49.0 Å². The van der Waals surface area contributed by atoms with Gasteiger partial charge in [0.15, 0.2) is 5.82 Å². The maximum absolute atomic E-state index is 14.7. The first-order valence-corrected chi connectivity index (χ1v) is 11.5. The Hall–Kier alpha value is -3.07. The van der Waals surface area contributed by atoms with Gasteiger partial charge >= 0.3 is 0 Å². The second kappa shape index (κ2) is 7.88. The van der Waals surface area contributed by atoms with Gasteiger partial charge < -0.3 is 10.6 Å². The van der Waals surface area contributed by atoms with Gasteiger partial charge in [-0.2, -0.15) is 22.0 Å². The van der Waals surface area contributed by atoms with Gasteiger partial charge in [0.1, 0.15) is 17.7 Å². The number of hydrogen-bond donors (Lipinski definition) is 1. The molecule has 1 saturated heterocycles. The largest absolute Gasteiger partial charge is 0.382 e. The van der Waals surface area contributed by atoms with Crippen LogP contribution in [0.1, 0.15) is 19.9 Å². The van der Waals surface area contributed by atoms with Gasteiger partial charge in [-0.15, -0.1) is 0 Å². The fourth-order valence-electron chi connectivity index (χ4n) is 4.13. The lowest BCUT2D eigenvalue weighted by molar-refractivity contribution is 0.539. The number of nitrogens with zero attached hydrogens (tertiary/aromatic N) is 6. The maximum atomic E-state index is 14.7. The number of rotatable bonds is 4. The summed E-state index contributed by atoms with van der Waals surface area (Å²) in [7, 11) is 0. The van der Waals surface area contributed by atoms with Crippen LogP contribution in [0.15, 0.2) is 42.9 Å². The summed E-state index contributed by atoms with van der Waals surface area (Å²) in [6.07, 6.45) is 3.23. The fourth-order valence-corrected chi connectivity index (χ4v) is 5.03. The average Bonchev–Trinajstić information content (AvgIpc) is 3.40. The number of aromatic nitrogens is 5. The van der Waals surface area contributed by atoms with Crippen LogP contribution in [0.25, 0.3) is 28.0 Å². The first-order chi connectivity index (χ1) is 15.0. The van der Waals surface area contributed by atoms with E-state index >= 15 is 0 Å². The molecule has 0 bridgehead atoms. The molecule has 1 aliphatic heterocycles. The average molecular weight is 438 g/mol. The minimum absolute atomic E-state index is 0.184. The van der Waals surface area contributed by atoms with Crippen molar-refractivity contribution in [3.8, 4) is 22.5 Å². The molecule has 3 aromatic heterocycles. The number of halogens is 1. The van der Waals surface area contributed by atoms with Crippen molar-refractivity contribution in [1.82, 2.24) is 24.4 Å². The minimum Gasteiger partial charge on any atom is -0.382 e. The molecular weight excluding hydrogens is 413 g/mol. The fraction of sp³-hybridized carbons (Fsp3) is 0.318. The summed E-state index contributed by atoms with van der Waals surface area (Å²) >= 11 is 1.90. The molecule has 0 saturated carbocycles. The van der Waals surface area contributed by atoms with E-state index in [9.17, 15) is 4.39 Å². The molecule has 7 nitrogen and oxygen atoms in total. The summed E-state index contributed by atoms with van der Waals surface area (Å²) in [5.41, 5.74) is 11.2. The van der Waals surface area contributed by atoms with Crippen molar-refractivity contribution in [3.05, 3.63) is 48.7 Å². The standard InChI is InChI=1S/C22H24FN7S/c1-14(2)29-18(5-6-26-29)16-12-19(30-21(16)22(24)25-13-27-30)15-3-4-17(23)20(11-15)28-7-9-31-10-8-28/h3-6,11-14H,7-10H2,1-2H3,(H2,24,25,27). The van der Waals surface area contributed by atoms with E-state index in [1.807, 2.05) is 34.6 Å². The Morgan fingerprint density at radius 1 is 1.06 bits per heavy atom. The van der Waals surface area contributed by atoms with E-state index in [0.29, 0.717) is 11.5 Å². The van der Waals surface area contributed by atoms with E-state index in [-0.39, 0.29) is 11.9 Å². The Kier molecular flexibility index (Phi) is 5.05. The number of hydrogen-bond acceptors (Lipinski definition) is 6. The molecule has 9 heteroatoms. The molecule has 0 unspecified atom stereocenters. The van der Waals surface area contributed by atoms with Gasteiger partial charge in [-0.1, -0.05) is 0 Å². The van der Waals surface area contributed by atoms with Crippen molar-refractivity contribution in [2.45, 2.75) is 19.9 Å². The molecule has 31 heavy (non-hydrogen) atoms. The van der Waals surface area contributed by atoms with Crippen LogP contribution in [0, 0.1) is 5.82 Å². The predicted octanol–water partition coefficient (Wildman–Crippen LogP) is 4.12. The highest BCUT2D eigenvalue weighted by Crippen LogP contribution is 2.37. The SMILES string of the molecule is CC(C)n1nccc1-c1cc(-c2ccc(F)c(N3CCSCC3)c2)n2ncnc(N)c12. The van der Waals surface area contributed by atoms with E-state index in [1.54, 1.807) is 16.8 Å². The van der Waals surface area contributed by atoms with E-state index in [2.05, 4.69) is 33.9 Å². The molecule has 0 aliphatic carbocycles. The molecule has 2 N–H and O–H groups in total. The van der Waals surface area contributed by atoms with Crippen LogP contribution >= 0.6 is 11.8 Å². The van der Waals surface area contributed by atoms with Crippen molar-refractivity contribution in [3.63, 3.8) is 0 Å². The second-order valence-corrected chi connectivity index (χ2v) is 9.09. The molecule has 1 aliphatic rings. The summed E-state index contributed by atoms with van der Waals surface area (Å²) in [6, 6.07) is 9.43. The highest BCUT2D eigenvalue weighted by molar-refractivity contribution is 7.99. The predicted molar refractivity (Wildman–Crippen MR) is 124 cm³/mol. The van der Waals surface area contributed by atoms with Crippen LogP contribution in [0.5, 0.6) is 0 Å². The Balaban J connectivity index is 1.70. The molecule has 0 spiro atoms. The lowest BCUT2D eigenvalue weighted by atomic mass is 10.1. The van der Waals surface area contributed by atoms with E-state index < -0.39 is 0 Å². The normalized spacial score (nSPS) is 14.6. The van der Waals surface area contributed by atoms with E-state index in [1.165, 1.54) is 12.4 Å². The highest BCUT2D eigenvalue weighted by Gasteiger charge is 2.22. The summed E-state index contributed by atoms with van der Waals surface area (Å²) in [5.74, 6) is 2.20. The molecule has 1 fully saturated rings. The molecule has 1 aromatic carbocycles. The molecule has 5 rings (SSSR count). The first kappa shape index (κ1) is 19.9. The van der Waals surface area contributed by atoms with Crippen LogP contribution in [0.2, 0.25) is 0 Å².